The van der Waals surface area contributed by atoms with Gasteiger partial charge in [-0.25, -0.2) is 4.98 Å². The van der Waals surface area contributed by atoms with E-state index < -0.39 is 0 Å². The molecule has 0 saturated heterocycles. The third-order valence-electron chi connectivity index (χ3n) is 3.06. The number of fused-ring (bicyclic) bond motifs is 1. The van der Waals surface area contributed by atoms with E-state index in [0.717, 1.165) is 0 Å². The van der Waals surface area contributed by atoms with Crippen LogP contribution in [0, 0.1) is 6.92 Å². The van der Waals surface area contributed by atoms with Gasteiger partial charge in [-0.2, -0.15) is 0 Å². The molecule has 0 N–H and O–H groups in total. The Balaban J connectivity index is 2.65. The van der Waals surface area contributed by atoms with Gasteiger partial charge in [-0.3, -0.25) is 0 Å². The lowest BCUT2D eigenvalue weighted by atomic mass is 9.86. The minimum atomic E-state index is 0.209. The van der Waals surface area contributed by atoms with Crippen molar-refractivity contribution in [1.29, 1.82) is 0 Å². The molecular formula is C15H21NS. The average Bonchev–Trinajstić information content (AvgIpc) is 2.60. The second-order valence-electron chi connectivity index (χ2n) is 6.10. The van der Waals surface area contributed by atoms with Crippen LogP contribution in [0.5, 0.6) is 0 Å². The van der Waals surface area contributed by atoms with E-state index in [1.165, 1.54) is 26.4 Å². The molecule has 0 unspecified atom stereocenters. The normalized spacial score (nSPS) is 12.6. The first-order chi connectivity index (χ1) is 7.79. The Labute approximate surface area is 108 Å². The zero-order chi connectivity index (χ0) is 12.8. The molecule has 2 rings (SSSR count). The Bertz CT molecular complexity index is 544. The Hall–Kier alpha value is -0.890. The van der Waals surface area contributed by atoms with Crippen LogP contribution < -0.4 is 0 Å². The van der Waals surface area contributed by atoms with Crippen LogP contribution in [-0.2, 0) is 5.41 Å². The van der Waals surface area contributed by atoms with E-state index in [4.69, 9.17) is 4.98 Å². The van der Waals surface area contributed by atoms with Crippen LogP contribution in [0.1, 0.15) is 56.7 Å². The second-order valence-corrected chi connectivity index (χ2v) is 7.16. The summed E-state index contributed by atoms with van der Waals surface area (Å²) in [6.07, 6.45) is 0. The van der Waals surface area contributed by atoms with E-state index in [1.54, 1.807) is 0 Å². The number of thiazole rings is 1. The molecule has 0 fully saturated rings. The Morgan fingerprint density at radius 1 is 1.18 bits per heavy atom. The Morgan fingerprint density at radius 3 is 2.35 bits per heavy atom. The minimum absolute atomic E-state index is 0.209. The predicted molar refractivity (Wildman–Crippen MR) is 77.1 cm³/mol. The zero-order valence-electron chi connectivity index (χ0n) is 11.6. The Morgan fingerprint density at radius 2 is 1.82 bits per heavy atom. The molecule has 1 heterocycles. The number of hydrogen-bond donors (Lipinski definition) is 0. The quantitative estimate of drug-likeness (QED) is 0.689. The van der Waals surface area contributed by atoms with Crippen molar-refractivity contribution in [2.45, 2.75) is 52.9 Å². The van der Waals surface area contributed by atoms with Gasteiger partial charge in [0.25, 0.3) is 0 Å². The summed E-state index contributed by atoms with van der Waals surface area (Å²) in [7, 11) is 0. The third-order valence-corrected chi connectivity index (χ3v) is 4.36. The van der Waals surface area contributed by atoms with Crippen molar-refractivity contribution in [3.8, 4) is 0 Å². The van der Waals surface area contributed by atoms with Crippen LogP contribution in [0.2, 0.25) is 0 Å². The molecule has 0 saturated carbocycles. The van der Waals surface area contributed by atoms with Crippen LogP contribution in [0.4, 0.5) is 0 Å². The molecule has 0 radical (unpaired) electrons. The molecule has 0 spiro atoms. The fourth-order valence-corrected chi connectivity index (χ4v) is 2.98. The molecular weight excluding hydrogens is 226 g/mol. The highest BCUT2D eigenvalue weighted by Gasteiger charge is 2.17. The van der Waals surface area contributed by atoms with E-state index in [-0.39, 0.29) is 5.41 Å². The van der Waals surface area contributed by atoms with Gasteiger partial charge in [-0.1, -0.05) is 40.7 Å². The molecule has 2 aromatic rings. The molecule has 0 aliphatic carbocycles. The zero-order valence-corrected chi connectivity index (χ0v) is 12.4. The largest absolute Gasteiger partial charge is 0.241 e. The first-order valence-electron chi connectivity index (χ1n) is 6.20. The summed E-state index contributed by atoms with van der Waals surface area (Å²) in [6.45, 7) is 13.4. The lowest BCUT2D eigenvalue weighted by Gasteiger charge is -2.19. The van der Waals surface area contributed by atoms with Crippen LogP contribution >= 0.6 is 11.3 Å². The summed E-state index contributed by atoms with van der Waals surface area (Å²) in [5, 5.41) is 1.24. The molecule has 0 aliphatic rings. The number of benzene rings is 1. The van der Waals surface area contributed by atoms with Gasteiger partial charge in [-0.05, 0) is 29.5 Å². The van der Waals surface area contributed by atoms with Crippen molar-refractivity contribution in [2.75, 3.05) is 0 Å². The summed E-state index contributed by atoms with van der Waals surface area (Å²) in [5.41, 5.74) is 4.10. The lowest BCUT2D eigenvalue weighted by Crippen LogP contribution is -2.10. The summed E-state index contributed by atoms with van der Waals surface area (Å²) in [5.74, 6) is 0.518. The SMILES string of the molecule is Cc1cc(C(C)(C)C)cc2sc(C(C)C)nc12. The van der Waals surface area contributed by atoms with E-state index in [0.29, 0.717) is 5.92 Å². The number of hydrogen-bond acceptors (Lipinski definition) is 2. The van der Waals surface area contributed by atoms with Crippen LogP contribution in [-0.4, -0.2) is 4.98 Å². The van der Waals surface area contributed by atoms with E-state index in [1.807, 2.05) is 11.3 Å². The van der Waals surface area contributed by atoms with E-state index in [9.17, 15) is 0 Å². The predicted octanol–water partition coefficient (Wildman–Crippen LogP) is 5.03. The number of nitrogens with zero attached hydrogens (tertiary/aromatic N) is 1. The molecule has 0 aliphatic heterocycles. The molecule has 1 nitrogen and oxygen atoms in total. The van der Waals surface area contributed by atoms with Crippen molar-refractivity contribution in [2.24, 2.45) is 0 Å². The van der Waals surface area contributed by atoms with Gasteiger partial charge in [0.15, 0.2) is 0 Å². The number of aromatic nitrogens is 1. The van der Waals surface area contributed by atoms with Gasteiger partial charge in [0.05, 0.1) is 15.2 Å². The summed E-state index contributed by atoms with van der Waals surface area (Å²) < 4.78 is 1.33. The second kappa shape index (κ2) is 4.09. The fourth-order valence-electron chi connectivity index (χ4n) is 1.89. The third kappa shape index (κ3) is 2.37. The smallest absolute Gasteiger partial charge is 0.0964 e. The highest BCUT2D eigenvalue weighted by molar-refractivity contribution is 7.18. The van der Waals surface area contributed by atoms with Gasteiger partial charge < -0.3 is 0 Å². The van der Waals surface area contributed by atoms with Crippen LogP contribution in [0.3, 0.4) is 0 Å². The number of aryl methyl sites for hydroxylation is 1. The Kier molecular flexibility index (Phi) is 3.03. The summed E-state index contributed by atoms with van der Waals surface area (Å²) >= 11 is 1.84. The highest BCUT2D eigenvalue weighted by Crippen LogP contribution is 2.33. The van der Waals surface area contributed by atoms with Crippen molar-refractivity contribution in [3.05, 3.63) is 28.3 Å². The van der Waals surface area contributed by atoms with Gasteiger partial charge in [0, 0.05) is 5.92 Å². The van der Waals surface area contributed by atoms with Crippen molar-refractivity contribution >= 4 is 21.6 Å². The maximum atomic E-state index is 4.75. The first kappa shape index (κ1) is 12.6. The van der Waals surface area contributed by atoms with Gasteiger partial charge in [0.1, 0.15) is 0 Å². The molecule has 0 amide bonds. The molecule has 1 aromatic carbocycles. The lowest BCUT2D eigenvalue weighted by molar-refractivity contribution is 0.590. The summed E-state index contributed by atoms with van der Waals surface area (Å²) in [6, 6.07) is 4.60. The summed E-state index contributed by atoms with van der Waals surface area (Å²) in [4.78, 5) is 4.75. The van der Waals surface area contributed by atoms with Gasteiger partial charge in [0.2, 0.25) is 0 Å². The molecule has 0 bridgehead atoms. The minimum Gasteiger partial charge on any atom is -0.241 e. The topological polar surface area (TPSA) is 12.9 Å². The molecule has 2 heteroatoms. The van der Waals surface area contributed by atoms with Crippen molar-refractivity contribution < 1.29 is 0 Å². The molecule has 1 aromatic heterocycles. The van der Waals surface area contributed by atoms with Gasteiger partial charge >= 0.3 is 0 Å². The first-order valence-corrected chi connectivity index (χ1v) is 7.02. The average molecular weight is 247 g/mol. The van der Waals surface area contributed by atoms with Crippen molar-refractivity contribution in [1.82, 2.24) is 4.98 Å². The van der Waals surface area contributed by atoms with E-state index >= 15 is 0 Å². The van der Waals surface area contributed by atoms with Crippen LogP contribution in [0.15, 0.2) is 12.1 Å². The molecule has 17 heavy (non-hydrogen) atoms. The van der Waals surface area contributed by atoms with Gasteiger partial charge in [-0.15, -0.1) is 11.3 Å². The standard InChI is InChI=1S/C15H21NS/c1-9(2)14-16-13-10(3)7-11(15(4,5)6)8-12(13)17-14/h7-9H,1-6H3. The highest BCUT2D eigenvalue weighted by atomic mass is 32.1. The van der Waals surface area contributed by atoms with E-state index in [2.05, 4.69) is 53.7 Å². The van der Waals surface area contributed by atoms with Crippen molar-refractivity contribution in [3.63, 3.8) is 0 Å². The number of rotatable bonds is 1. The monoisotopic (exact) mass is 247 g/mol. The molecule has 0 atom stereocenters. The maximum Gasteiger partial charge on any atom is 0.0964 e. The van der Waals surface area contributed by atoms with Crippen LogP contribution in [0.25, 0.3) is 10.2 Å². The molecule has 92 valence electrons. The maximum absolute atomic E-state index is 4.75. The fraction of sp³-hybridized carbons (Fsp3) is 0.533.